The van der Waals surface area contributed by atoms with Crippen molar-refractivity contribution in [2.45, 2.75) is 24.9 Å². The zero-order chi connectivity index (χ0) is 20.5. The van der Waals surface area contributed by atoms with Crippen molar-refractivity contribution < 1.29 is 14.3 Å². The number of ether oxygens (including phenoxy) is 1. The molecule has 0 bridgehead atoms. The van der Waals surface area contributed by atoms with Gasteiger partial charge in [0.15, 0.2) is 5.54 Å². The number of carbonyl (C=O) groups excluding carboxylic acids is 2. The number of rotatable bonds is 2. The van der Waals surface area contributed by atoms with Gasteiger partial charge >= 0.3 is 5.97 Å². The molecule has 3 aliphatic rings. The number of aromatic amines is 1. The Balaban J connectivity index is 1.54. The van der Waals surface area contributed by atoms with Gasteiger partial charge < -0.3 is 14.6 Å². The van der Waals surface area contributed by atoms with E-state index in [1.165, 1.54) is 7.11 Å². The number of nitrogens with zero attached hydrogens (tertiary/aromatic N) is 1. The lowest BCUT2D eigenvalue weighted by molar-refractivity contribution is -0.159. The summed E-state index contributed by atoms with van der Waals surface area (Å²) in [7, 11) is 1.39. The number of nitrogens with one attached hydrogen (secondary N) is 1. The van der Waals surface area contributed by atoms with Crippen LogP contribution in [0.2, 0.25) is 0 Å². The molecule has 1 aromatic heterocycles. The SMILES string of the molecule is COC(=O)C12C=C3CC(c4ccccc4)=C3C(=O)N1Cc1[nH]c3ccccc3c1C2. The third kappa shape index (κ3) is 2.12. The Labute approximate surface area is 173 Å². The standard InChI is InChI=1S/C25H20N2O3/c1-30-24(29)25-12-16-11-18(15-7-3-2-4-8-15)22(16)23(28)27(25)14-21-19(13-25)17-9-5-6-10-20(17)26-21/h2-10,12,26H,11,13-14H2,1H3. The highest BCUT2D eigenvalue weighted by Crippen LogP contribution is 2.50. The number of hydrogen-bond acceptors (Lipinski definition) is 3. The van der Waals surface area contributed by atoms with E-state index in [9.17, 15) is 9.59 Å². The minimum atomic E-state index is -1.09. The minimum Gasteiger partial charge on any atom is -0.467 e. The van der Waals surface area contributed by atoms with Gasteiger partial charge in [0.25, 0.3) is 5.91 Å². The summed E-state index contributed by atoms with van der Waals surface area (Å²) >= 11 is 0. The van der Waals surface area contributed by atoms with Gasteiger partial charge in [-0.15, -0.1) is 0 Å². The maximum atomic E-state index is 13.7. The molecule has 2 aromatic carbocycles. The molecule has 0 saturated heterocycles. The molecule has 2 aliphatic heterocycles. The van der Waals surface area contributed by atoms with Crippen LogP contribution in [0, 0.1) is 0 Å². The monoisotopic (exact) mass is 396 g/mol. The summed E-state index contributed by atoms with van der Waals surface area (Å²) in [6.45, 7) is 0.354. The zero-order valence-electron chi connectivity index (χ0n) is 16.6. The zero-order valence-corrected chi connectivity index (χ0v) is 16.6. The molecule has 1 atom stereocenters. The molecule has 0 spiro atoms. The van der Waals surface area contributed by atoms with Crippen LogP contribution >= 0.6 is 0 Å². The second kappa shape index (κ2) is 5.95. The van der Waals surface area contributed by atoms with Crippen LogP contribution in [-0.4, -0.2) is 34.4 Å². The van der Waals surface area contributed by atoms with E-state index >= 15 is 0 Å². The first-order valence-corrected chi connectivity index (χ1v) is 10.1. The lowest BCUT2D eigenvalue weighted by atomic mass is 9.70. The summed E-state index contributed by atoms with van der Waals surface area (Å²) < 4.78 is 5.22. The average molecular weight is 396 g/mol. The Hall–Kier alpha value is -3.60. The molecule has 5 heteroatoms. The van der Waals surface area contributed by atoms with Gasteiger partial charge in [-0.3, -0.25) is 4.79 Å². The van der Waals surface area contributed by atoms with E-state index in [2.05, 4.69) is 11.1 Å². The van der Waals surface area contributed by atoms with E-state index in [1.807, 2.05) is 54.6 Å². The second-order valence-electron chi connectivity index (χ2n) is 8.18. The maximum absolute atomic E-state index is 13.7. The Morgan fingerprint density at radius 3 is 2.67 bits per heavy atom. The number of esters is 1. The van der Waals surface area contributed by atoms with Gasteiger partial charge in [-0.05, 0) is 40.8 Å². The summed E-state index contributed by atoms with van der Waals surface area (Å²) in [6, 6.07) is 18.1. The fraction of sp³-hybridized carbons (Fsp3) is 0.200. The Morgan fingerprint density at radius 2 is 1.87 bits per heavy atom. The molecule has 1 aliphatic carbocycles. The third-order valence-electron chi connectivity index (χ3n) is 6.67. The van der Waals surface area contributed by atoms with E-state index in [0.717, 1.165) is 44.4 Å². The molecule has 3 heterocycles. The number of amides is 1. The quantitative estimate of drug-likeness (QED) is 0.671. The molecular formula is C25H20N2O3. The third-order valence-corrected chi connectivity index (χ3v) is 6.67. The minimum absolute atomic E-state index is 0.0905. The van der Waals surface area contributed by atoms with Gasteiger partial charge in [-0.1, -0.05) is 48.5 Å². The van der Waals surface area contributed by atoms with Gasteiger partial charge in [-0.25, -0.2) is 4.79 Å². The van der Waals surface area contributed by atoms with Crippen LogP contribution < -0.4 is 0 Å². The van der Waals surface area contributed by atoms with Crippen LogP contribution in [0.4, 0.5) is 0 Å². The van der Waals surface area contributed by atoms with Crippen LogP contribution in [0.25, 0.3) is 16.5 Å². The molecule has 5 nitrogen and oxygen atoms in total. The number of allylic oxidation sites excluding steroid dienone is 1. The van der Waals surface area contributed by atoms with Crippen LogP contribution in [0.1, 0.15) is 23.2 Å². The van der Waals surface area contributed by atoms with Crippen LogP contribution in [0.5, 0.6) is 0 Å². The smallest absolute Gasteiger partial charge is 0.336 e. The predicted molar refractivity (Wildman–Crippen MR) is 113 cm³/mol. The molecule has 0 radical (unpaired) electrons. The van der Waals surface area contributed by atoms with Crippen LogP contribution in [0.15, 0.2) is 71.8 Å². The summed E-state index contributed by atoms with van der Waals surface area (Å²) in [5.41, 5.74) is 5.80. The van der Waals surface area contributed by atoms with Gasteiger partial charge in [0.2, 0.25) is 0 Å². The van der Waals surface area contributed by atoms with E-state index in [-0.39, 0.29) is 11.9 Å². The number of fused-ring (bicyclic) bond motifs is 5. The molecular weight excluding hydrogens is 376 g/mol. The largest absolute Gasteiger partial charge is 0.467 e. The summed E-state index contributed by atoms with van der Waals surface area (Å²) in [5, 5.41) is 1.10. The Bertz CT molecular complexity index is 1300. The number of para-hydroxylation sites is 1. The first kappa shape index (κ1) is 17.3. The van der Waals surface area contributed by atoms with Crippen molar-refractivity contribution in [1.29, 1.82) is 0 Å². The fourth-order valence-electron chi connectivity index (χ4n) is 5.21. The number of aromatic nitrogens is 1. The normalized spacial score (nSPS) is 22.1. The van der Waals surface area contributed by atoms with Crippen molar-refractivity contribution in [3.05, 3.63) is 88.6 Å². The molecule has 3 aromatic rings. The predicted octanol–water partition coefficient (Wildman–Crippen LogP) is 3.76. The van der Waals surface area contributed by atoms with Crippen LogP contribution in [-0.2, 0) is 27.3 Å². The van der Waals surface area contributed by atoms with Crippen LogP contribution in [0.3, 0.4) is 0 Å². The molecule has 0 saturated carbocycles. The Morgan fingerprint density at radius 1 is 1.10 bits per heavy atom. The van der Waals surface area contributed by atoms with Gasteiger partial charge in [-0.2, -0.15) is 0 Å². The van der Waals surface area contributed by atoms with Crippen molar-refractivity contribution in [2.24, 2.45) is 0 Å². The summed E-state index contributed by atoms with van der Waals surface area (Å²) in [5.74, 6) is -0.473. The first-order chi connectivity index (χ1) is 14.6. The highest BCUT2D eigenvalue weighted by Gasteiger charge is 2.55. The molecule has 0 fully saturated rings. The molecule has 6 rings (SSSR count). The molecule has 1 N–H and O–H groups in total. The van der Waals surface area contributed by atoms with Crippen molar-refractivity contribution in [3.63, 3.8) is 0 Å². The molecule has 1 unspecified atom stereocenters. The summed E-state index contributed by atoms with van der Waals surface area (Å²) in [4.78, 5) is 31.9. The highest BCUT2D eigenvalue weighted by atomic mass is 16.5. The molecule has 1 amide bonds. The van der Waals surface area contributed by atoms with E-state index in [1.54, 1.807) is 4.90 Å². The van der Waals surface area contributed by atoms with Gasteiger partial charge in [0, 0.05) is 28.6 Å². The number of H-pyrrole nitrogens is 1. The van der Waals surface area contributed by atoms with Crippen molar-refractivity contribution in [3.8, 4) is 0 Å². The van der Waals surface area contributed by atoms with E-state index in [4.69, 9.17) is 4.74 Å². The fourth-order valence-corrected chi connectivity index (χ4v) is 5.21. The van der Waals surface area contributed by atoms with Gasteiger partial charge in [0.1, 0.15) is 0 Å². The maximum Gasteiger partial charge on any atom is 0.336 e. The average Bonchev–Trinajstić information content (AvgIpc) is 3.12. The molecule has 30 heavy (non-hydrogen) atoms. The lowest BCUT2D eigenvalue weighted by Gasteiger charge is -2.49. The highest BCUT2D eigenvalue weighted by molar-refractivity contribution is 6.14. The number of methoxy groups -OCH3 is 1. The number of carbonyl (C=O) groups is 2. The number of hydrogen-bond donors (Lipinski definition) is 1. The summed E-state index contributed by atoms with van der Waals surface area (Å²) in [6.07, 6.45) is 3.09. The molecule has 148 valence electrons. The van der Waals surface area contributed by atoms with Crippen molar-refractivity contribution >= 4 is 28.4 Å². The van der Waals surface area contributed by atoms with Gasteiger partial charge in [0.05, 0.1) is 13.7 Å². The van der Waals surface area contributed by atoms with E-state index < -0.39 is 5.54 Å². The van der Waals surface area contributed by atoms with E-state index in [0.29, 0.717) is 19.4 Å². The lowest BCUT2D eigenvalue weighted by Crippen LogP contribution is -2.62. The van der Waals surface area contributed by atoms with Crippen molar-refractivity contribution in [2.75, 3.05) is 7.11 Å². The number of benzene rings is 2. The van der Waals surface area contributed by atoms with Crippen molar-refractivity contribution in [1.82, 2.24) is 9.88 Å². The topological polar surface area (TPSA) is 62.4 Å². The Kier molecular flexibility index (Phi) is 3.43. The first-order valence-electron chi connectivity index (χ1n) is 10.1. The second-order valence-corrected chi connectivity index (χ2v) is 8.18.